The number of hydrogen-bond donors (Lipinski definition) is 2. The standard InChI is InChI=1S/C14H25NO3/c1-9(2)11(4)12(16)15-14(13(17)18)7-5-6-10(3)8-14/h9-11H,5-8H2,1-4H3,(H,15,16)(H,17,18). The Morgan fingerprint density at radius 2 is 1.94 bits per heavy atom. The van der Waals surface area contributed by atoms with Gasteiger partial charge < -0.3 is 10.4 Å². The highest BCUT2D eigenvalue weighted by molar-refractivity contribution is 5.88. The summed E-state index contributed by atoms with van der Waals surface area (Å²) in [6, 6.07) is 0. The molecule has 0 aromatic heterocycles. The molecule has 0 heterocycles. The van der Waals surface area contributed by atoms with Crippen LogP contribution in [0.25, 0.3) is 0 Å². The average molecular weight is 255 g/mol. The fourth-order valence-electron chi connectivity index (χ4n) is 2.56. The van der Waals surface area contributed by atoms with Crippen molar-refractivity contribution < 1.29 is 14.7 Å². The van der Waals surface area contributed by atoms with Crippen LogP contribution in [0.1, 0.15) is 53.4 Å². The Morgan fingerprint density at radius 1 is 1.33 bits per heavy atom. The first-order valence-electron chi connectivity index (χ1n) is 6.84. The summed E-state index contributed by atoms with van der Waals surface area (Å²) in [5.74, 6) is -0.611. The number of carboxylic acids is 1. The number of nitrogens with one attached hydrogen (secondary N) is 1. The molecule has 2 N–H and O–H groups in total. The summed E-state index contributed by atoms with van der Waals surface area (Å²) in [6.07, 6.45) is 3.00. The SMILES string of the molecule is CC1CCCC(NC(=O)C(C)C(C)C)(C(=O)O)C1. The molecule has 3 unspecified atom stereocenters. The van der Waals surface area contributed by atoms with E-state index in [0.29, 0.717) is 18.8 Å². The number of carbonyl (C=O) groups is 2. The van der Waals surface area contributed by atoms with Gasteiger partial charge in [0.1, 0.15) is 5.54 Å². The van der Waals surface area contributed by atoms with E-state index in [0.717, 1.165) is 12.8 Å². The number of hydrogen-bond acceptors (Lipinski definition) is 2. The highest BCUT2D eigenvalue weighted by Crippen LogP contribution is 2.33. The van der Waals surface area contributed by atoms with Gasteiger partial charge in [0.05, 0.1) is 0 Å². The zero-order chi connectivity index (χ0) is 13.9. The van der Waals surface area contributed by atoms with Crippen LogP contribution in [0.2, 0.25) is 0 Å². The largest absolute Gasteiger partial charge is 0.480 e. The molecule has 0 bridgehead atoms. The number of amides is 1. The molecule has 18 heavy (non-hydrogen) atoms. The second kappa shape index (κ2) is 5.72. The first-order valence-corrected chi connectivity index (χ1v) is 6.84. The van der Waals surface area contributed by atoms with E-state index in [1.807, 2.05) is 20.8 Å². The fraction of sp³-hybridized carbons (Fsp3) is 0.857. The summed E-state index contributed by atoms with van der Waals surface area (Å²) in [5, 5.41) is 12.3. The number of aliphatic carboxylic acids is 1. The Kier molecular flexibility index (Phi) is 4.77. The first kappa shape index (κ1) is 15.0. The van der Waals surface area contributed by atoms with E-state index in [1.54, 1.807) is 0 Å². The van der Waals surface area contributed by atoms with Gasteiger partial charge in [0, 0.05) is 5.92 Å². The molecule has 0 aromatic rings. The predicted molar refractivity (Wildman–Crippen MR) is 70.1 cm³/mol. The van der Waals surface area contributed by atoms with Gasteiger partial charge in [-0.2, -0.15) is 0 Å². The molecule has 0 aromatic carbocycles. The van der Waals surface area contributed by atoms with Crippen molar-refractivity contribution in [3.8, 4) is 0 Å². The Hall–Kier alpha value is -1.06. The Balaban J connectivity index is 2.80. The van der Waals surface area contributed by atoms with E-state index < -0.39 is 11.5 Å². The molecule has 4 nitrogen and oxygen atoms in total. The molecular weight excluding hydrogens is 230 g/mol. The molecule has 3 atom stereocenters. The van der Waals surface area contributed by atoms with Gasteiger partial charge in [-0.05, 0) is 24.7 Å². The maximum atomic E-state index is 12.1. The lowest BCUT2D eigenvalue weighted by atomic mass is 9.76. The Bertz CT molecular complexity index is 327. The van der Waals surface area contributed by atoms with Gasteiger partial charge >= 0.3 is 5.97 Å². The lowest BCUT2D eigenvalue weighted by Crippen LogP contribution is -2.58. The van der Waals surface area contributed by atoms with Gasteiger partial charge in [0.2, 0.25) is 5.91 Å². The maximum absolute atomic E-state index is 12.1. The second-order valence-corrected chi connectivity index (χ2v) is 6.11. The summed E-state index contributed by atoms with van der Waals surface area (Å²) in [6.45, 7) is 7.85. The van der Waals surface area contributed by atoms with Gasteiger partial charge in [0.15, 0.2) is 0 Å². The van der Waals surface area contributed by atoms with E-state index in [2.05, 4.69) is 12.2 Å². The van der Waals surface area contributed by atoms with Crippen LogP contribution >= 0.6 is 0 Å². The molecule has 104 valence electrons. The predicted octanol–water partition coefficient (Wildman–Crippen LogP) is 2.43. The quantitative estimate of drug-likeness (QED) is 0.810. The van der Waals surface area contributed by atoms with Crippen LogP contribution in [0.4, 0.5) is 0 Å². The smallest absolute Gasteiger partial charge is 0.329 e. The molecule has 4 heteroatoms. The highest BCUT2D eigenvalue weighted by atomic mass is 16.4. The second-order valence-electron chi connectivity index (χ2n) is 6.11. The molecule has 0 aliphatic heterocycles. The molecule has 1 fully saturated rings. The van der Waals surface area contributed by atoms with Crippen LogP contribution in [-0.2, 0) is 9.59 Å². The third-order valence-corrected chi connectivity index (χ3v) is 4.18. The van der Waals surface area contributed by atoms with Crippen LogP contribution in [0.15, 0.2) is 0 Å². The topological polar surface area (TPSA) is 66.4 Å². The lowest BCUT2D eigenvalue weighted by molar-refractivity contribution is -0.150. The van der Waals surface area contributed by atoms with Crippen molar-refractivity contribution in [1.82, 2.24) is 5.32 Å². The average Bonchev–Trinajstić information content (AvgIpc) is 2.27. The van der Waals surface area contributed by atoms with E-state index in [-0.39, 0.29) is 17.7 Å². The Morgan fingerprint density at radius 3 is 2.39 bits per heavy atom. The lowest BCUT2D eigenvalue weighted by Gasteiger charge is -2.38. The number of carbonyl (C=O) groups excluding carboxylic acids is 1. The summed E-state index contributed by atoms with van der Waals surface area (Å²) in [5.41, 5.74) is -1.04. The van der Waals surface area contributed by atoms with Crippen molar-refractivity contribution in [2.45, 2.75) is 58.9 Å². The van der Waals surface area contributed by atoms with Crippen molar-refractivity contribution >= 4 is 11.9 Å². The van der Waals surface area contributed by atoms with Crippen LogP contribution < -0.4 is 5.32 Å². The molecule has 0 radical (unpaired) electrons. The molecule has 1 rings (SSSR count). The molecule has 1 saturated carbocycles. The molecule has 1 aliphatic rings. The molecular formula is C14H25NO3. The van der Waals surface area contributed by atoms with Crippen LogP contribution in [0.3, 0.4) is 0 Å². The third-order valence-electron chi connectivity index (χ3n) is 4.18. The normalized spacial score (nSPS) is 29.9. The van der Waals surface area contributed by atoms with Crippen molar-refractivity contribution in [3.05, 3.63) is 0 Å². The summed E-state index contributed by atoms with van der Waals surface area (Å²) in [7, 11) is 0. The zero-order valence-electron chi connectivity index (χ0n) is 11.8. The molecule has 1 aliphatic carbocycles. The van der Waals surface area contributed by atoms with Gasteiger partial charge in [0.25, 0.3) is 0 Å². The van der Waals surface area contributed by atoms with Gasteiger partial charge in [-0.15, -0.1) is 0 Å². The third kappa shape index (κ3) is 3.24. The van der Waals surface area contributed by atoms with Crippen molar-refractivity contribution in [2.24, 2.45) is 17.8 Å². The van der Waals surface area contributed by atoms with Crippen LogP contribution in [-0.4, -0.2) is 22.5 Å². The Labute approximate surface area is 109 Å². The monoisotopic (exact) mass is 255 g/mol. The molecule has 1 amide bonds. The first-order chi connectivity index (χ1) is 8.28. The zero-order valence-corrected chi connectivity index (χ0v) is 11.8. The van der Waals surface area contributed by atoms with Crippen molar-refractivity contribution in [3.63, 3.8) is 0 Å². The highest BCUT2D eigenvalue weighted by Gasteiger charge is 2.43. The summed E-state index contributed by atoms with van der Waals surface area (Å²) < 4.78 is 0. The molecule has 0 saturated heterocycles. The minimum Gasteiger partial charge on any atom is -0.480 e. The minimum absolute atomic E-state index is 0.137. The van der Waals surface area contributed by atoms with Crippen LogP contribution in [0, 0.1) is 17.8 Å². The number of carboxylic acid groups (broad SMARTS) is 1. The molecule has 0 spiro atoms. The van der Waals surface area contributed by atoms with Crippen molar-refractivity contribution in [1.29, 1.82) is 0 Å². The summed E-state index contributed by atoms with van der Waals surface area (Å²) in [4.78, 5) is 23.6. The minimum atomic E-state index is -1.04. The maximum Gasteiger partial charge on any atom is 0.329 e. The summed E-state index contributed by atoms with van der Waals surface area (Å²) >= 11 is 0. The van der Waals surface area contributed by atoms with Crippen molar-refractivity contribution in [2.75, 3.05) is 0 Å². The number of rotatable bonds is 4. The van der Waals surface area contributed by atoms with E-state index in [9.17, 15) is 14.7 Å². The van der Waals surface area contributed by atoms with Gasteiger partial charge in [-0.1, -0.05) is 40.5 Å². The van der Waals surface area contributed by atoms with E-state index >= 15 is 0 Å². The van der Waals surface area contributed by atoms with E-state index in [1.165, 1.54) is 0 Å². The fourth-order valence-corrected chi connectivity index (χ4v) is 2.56. The van der Waals surface area contributed by atoms with E-state index in [4.69, 9.17) is 0 Å². The van der Waals surface area contributed by atoms with Gasteiger partial charge in [-0.3, -0.25) is 4.79 Å². The van der Waals surface area contributed by atoms with Gasteiger partial charge in [-0.25, -0.2) is 4.79 Å². The van der Waals surface area contributed by atoms with Crippen LogP contribution in [0.5, 0.6) is 0 Å².